The van der Waals surface area contributed by atoms with E-state index in [9.17, 15) is 14.4 Å². The molecule has 6 aliphatic rings. The van der Waals surface area contributed by atoms with Crippen molar-refractivity contribution in [2.24, 2.45) is 50.7 Å². The molecule has 0 aromatic rings. The van der Waals surface area contributed by atoms with E-state index < -0.39 is 5.41 Å². The molecule has 0 aromatic heterocycles. The van der Waals surface area contributed by atoms with Gasteiger partial charge in [0.25, 0.3) is 0 Å². The number of Topliss-reactive ketones (excluding diaryl/α,β-unsaturated/α-hetero) is 1. The number of ether oxygens (including phenoxy) is 2. The summed E-state index contributed by atoms with van der Waals surface area (Å²) in [6, 6.07) is 0. The number of nitrogens with zero attached hydrogens (tertiary/aromatic N) is 1. The number of hydrogen-bond donors (Lipinski definition) is 0. The van der Waals surface area contributed by atoms with Crippen molar-refractivity contribution in [1.29, 1.82) is 0 Å². The molecule has 1 amide bonds. The summed E-state index contributed by atoms with van der Waals surface area (Å²) in [6.45, 7) is 20.7. The van der Waals surface area contributed by atoms with Gasteiger partial charge in [-0.1, -0.05) is 48.5 Å². The highest BCUT2D eigenvalue weighted by Crippen LogP contribution is 2.76. The van der Waals surface area contributed by atoms with Gasteiger partial charge in [0.1, 0.15) is 6.10 Å². The molecule has 0 radical (unpaired) electrons. The Labute approximate surface area is 253 Å². The van der Waals surface area contributed by atoms with Gasteiger partial charge in [0.2, 0.25) is 5.91 Å². The summed E-state index contributed by atoms with van der Waals surface area (Å²) in [7, 11) is 0. The number of morpholine rings is 1. The van der Waals surface area contributed by atoms with Crippen molar-refractivity contribution in [2.75, 3.05) is 26.3 Å². The molecule has 1 heterocycles. The second-order valence-corrected chi connectivity index (χ2v) is 16.6. The van der Waals surface area contributed by atoms with Gasteiger partial charge in [-0.05, 0) is 102 Å². The molecule has 5 aliphatic carbocycles. The molecule has 0 N–H and O–H groups in total. The highest BCUT2D eigenvalue weighted by atomic mass is 16.5. The van der Waals surface area contributed by atoms with Gasteiger partial charge < -0.3 is 14.4 Å². The fraction of sp³-hybridized carbons (Fsp3) is 0.861. The largest absolute Gasteiger partial charge is 0.462 e. The van der Waals surface area contributed by atoms with Crippen molar-refractivity contribution in [2.45, 2.75) is 119 Å². The predicted molar refractivity (Wildman–Crippen MR) is 162 cm³/mol. The summed E-state index contributed by atoms with van der Waals surface area (Å²) in [6.07, 6.45) is 8.66. The van der Waals surface area contributed by atoms with Gasteiger partial charge in [-0.25, -0.2) is 0 Å². The Balaban J connectivity index is 1.39. The van der Waals surface area contributed by atoms with Crippen molar-refractivity contribution in [3.63, 3.8) is 0 Å². The minimum absolute atomic E-state index is 0.0193. The molecule has 0 bridgehead atoms. The Morgan fingerprint density at radius 1 is 0.881 bits per heavy atom. The monoisotopic (exact) mass is 581 g/mol. The topological polar surface area (TPSA) is 72.9 Å². The predicted octanol–water partition coefficient (Wildman–Crippen LogP) is 6.76. The quantitative estimate of drug-likeness (QED) is 0.345. The van der Waals surface area contributed by atoms with E-state index in [2.05, 4.69) is 48.5 Å². The molecule has 4 saturated carbocycles. The molecular weight excluding hydrogens is 526 g/mol. The summed E-state index contributed by atoms with van der Waals surface area (Å²) in [5, 5.41) is 0. The Bertz CT molecular complexity index is 1200. The van der Waals surface area contributed by atoms with Crippen LogP contribution >= 0.6 is 0 Å². The molecule has 1 saturated heterocycles. The zero-order valence-electron chi connectivity index (χ0n) is 27.6. The van der Waals surface area contributed by atoms with Crippen molar-refractivity contribution in [3.05, 3.63) is 11.1 Å². The van der Waals surface area contributed by atoms with Crippen LogP contribution in [0.25, 0.3) is 0 Å². The van der Waals surface area contributed by atoms with Crippen LogP contribution in [0.1, 0.15) is 113 Å². The van der Waals surface area contributed by atoms with E-state index in [1.807, 2.05) is 4.90 Å². The number of carbonyl (C=O) groups excluding carboxylic acids is 3. The van der Waals surface area contributed by atoms with Gasteiger partial charge >= 0.3 is 5.97 Å². The number of rotatable bonds is 3. The van der Waals surface area contributed by atoms with E-state index in [-0.39, 0.29) is 57.3 Å². The van der Waals surface area contributed by atoms with Gasteiger partial charge in [-0.2, -0.15) is 0 Å². The third-order valence-corrected chi connectivity index (χ3v) is 14.4. The van der Waals surface area contributed by atoms with Crippen LogP contribution in [0.5, 0.6) is 0 Å². The molecule has 6 rings (SSSR count). The Morgan fingerprint density at radius 3 is 2.21 bits per heavy atom. The number of carbonyl (C=O) groups is 3. The third kappa shape index (κ3) is 3.94. The van der Waals surface area contributed by atoms with Crippen LogP contribution in [0.4, 0.5) is 0 Å². The first-order chi connectivity index (χ1) is 19.6. The fourth-order valence-electron chi connectivity index (χ4n) is 12.3. The molecule has 42 heavy (non-hydrogen) atoms. The van der Waals surface area contributed by atoms with Crippen LogP contribution < -0.4 is 0 Å². The van der Waals surface area contributed by atoms with E-state index >= 15 is 0 Å². The zero-order valence-corrected chi connectivity index (χ0v) is 27.6. The molecule has 0 aromatic carbocycles. The minimum atomic E-state index is -0.660. The SMILES string of the molecule is CC(=O)O[C@H]1CC[C@]2(C)[C@H]3CC[C@@H]4C5=C(C(C)C)C(=O)C[C@]5(C(=O)N5CCOCC5)CC[C@@]4(C)[C@]3(C)CC[C@H]2C1(C)C. The van der Waals surface area contributed by atoms with E-state index in [0.717, 1.165) is 56.9 Å². The third-order valence-electron chi connectivity index (χ3n) is 14.4. The Kier molecular flexibility index (Phi) is 7.16. The average molecular weight is 582 g/mol. The van der Waals surface area contributed by atoms with Crippen LogP contribution in [0, 0.1) is 50.7 Å². The number of hydrogen-bond acceptors (Lipinski definition) is 5. The molecule has 1 aliphatic heterocycles. The lowest BCUT2D eigenvalue weighted by molar-refractivity contribution is -0.233. The standard InChI is InChI=1S/C36H55NO5/c1-22(2)29-25(39)21-36(31(40)37-17-19-41-20-18-37)16-15-34(7)24(30(29)36)9-10-27-33(6)13-12-28(42-23(3)38)32(4,5)26(33)11-14-35(27,34)8/h22,24,26-28H,9-21H2,1-8H3/t24-,26+,27-,28+,33+,34-,35-,36-/m1/s1. The van der Waals surface area contributed by atoms with Crippen LogP contribution in [0.15, 0.2) is 11.1 Å². The number of amides is 1. The van der Waals surface area contributed by atoms with Gasteiger partial charge in [0.05, 0.1) is 18.6 Å². The summed E-state index contributed by atoms with van der Waals surface area (Å²) in [5.41, 5.74) is 1.86. The highest BCUT2D eigenvalue weighted by molar-refractivity contribution is 6.07. The van der Waals surface area contributed by atoms with E-state index in [4.69, 9.17) is 9.47 Å². The van der Waals surface area contributed by atoms with Crippen LogP contribution in [-0.4, -0.2) is 55.0 Å². The van der Waals surface area contributed by atoms with Gasteiger partial charge in [0, 0.05) is 31.8 Å². The lowest BCUT2D eigenvalue weighted by Gasteiger charge is -2.72. The summed E-state index contributed by atoms with van der Waals surface area (Å²) >= 11 is 0. The molecule has 8 atom stereocenters. The maximum absolute atomic E-state index is 14.5. The highest BCUT2D eigenvalue weighted by Gasteiger charge is 2.71. The van der Waals surface area contributed by atoms with E-state index in [1.54, 1.807) is 6.92 Å². The van der Waals surface area contributed by atoms with Crippen molar-refractivity contribution >= 4 is 17.7 Å². The Hall–Kier alpha value is -1.69. The van der Waals surface area contributed by atoms with Crippen molar-refractivity contribution in [1.82, 2.24) is 4.90 Å². The van der Waals surface area contributed by atoms with Gasteiger partial charge in [0.15, 0.2) is 5.78 Å². The molecular formula is C36H55NO5. The fourth-order valence-corrected chi connectivity index (χ4v) is 12.3. The van der Waals surface area contributed by atoms with Gasteiger partial charge in [-0.3, -0.25) is 14.4 Å². The Morgan fingerprint density at radius 2 is 1.57 bits per heavy atom. The van der Waals surface area contributed by atoms with Crippen LogP contribution in [0.2, 0.25) is 0 Å². The summed E-state index contributed by atoms with van der Waals surface area (Å²) in [4.78, 5) is 42.3. The molecule has 0 spiro atoms. The smallest absolute Gasteiger partial charge is 0.302 e. The second-order valence-electron chi connectivity index (χ2n) is 16.6. The number of ketones is 1. The van der Waals surface area contributed by atoms with Crippen molar-refractivity contribution in [3.8, 4) is 0 Å². The maximum Gasteiger partial charge on any atom is 0.302 e. The molecule has 6 nitrogen and oxygen atoms in total. The molecule has 6 heteroatoms. The lowest BCUT2D eigenvalue weighted by Crippen LogP contribution is -2.66. The minimum Gasteiger partial charge on any atom is -0.462 e. The maximum atomic E-state index is 14.5. The molecule has 234 valence electrons. The molecule has 5 fully saturated rings. The first kappa shape index (κ1) is 30.3. The molecule has 0 unspecified atom stereocenters. The van der Waals surface area contributed by atoms with Gasteiger partial charge in [-0.15, -0.1) is 0 Å². The summed E-state index contributed by atoms with van der Waals surface area (Å²) < 4.78 is 11.5. The van der Waals surface area contributed by atoms with Crippen molar-refractivity contribution < 1.29 is 23.9 Å². The number of allylic oxidation sites excluding steroid dienone is 1. The zero-order chi connectivity index (χ0) is 30.5. The van der Waals surface area contributed by atoms with E-state index in [1.165, 1.54) is 5.57 Å². The van der Waals surface area contributed by atoms with Crippen LogP contribution in [-0.2, 0) is 23.9 Å². The van der Waals surface area contributed by atoms with Crippen LogP contribution in [0.3, 0.4) is 0 Å². The summed E-state index contributed by atoms with van der Waals surface area (Å²) in [5.74, 6) is 1.73. The van der Waals surface area contributed by atoms with E-state index in [0.29, 0.717) is 44.6 Å². The normalized spacial score (nSPS) is 44.7. The number of esters is 1. The lowest BCUT2D eigenvalue weighted by atomic mass is 9.33. The average Bonchev–Trinajstić information content (AvgIpc) is 3.24. The first-order valence-electron chi connectivity index (χ1n) is 17.0. The first-order valence-corrected chi connectivity index (χ1v) is 17.0. The number of fused-ring (bicyclic) bond motifs is 7. The second kappa shape index (κ2) is 9.91.